The molecule has 1 fully saturated rings. The molecule has 1 rings (SSSR count). The highest BCUT2D eigenvalue weighted by Gasteiger charge is 2.38. The summed E-state index contributed by atoms with van der Waals surface area (Å²) < 4.78 is 10.1. The Morgan fingerprint density at radius 3 is 2.25 bits per heavy atom. The van der Waals surface area contributed by atoms with Gasteiger partial charge in [0, 0.05) is 0 Å². The van der Waals surface area contributed by atoms with E-state index in [1.54, 1.807) is 6.92 Å². The largest absolute Gasteiger partial charge is 0.394 e. The molecule has 0 aromatic carbocycles. The molecule has 7 heteroatoms. The fraction of sp³-hybridized carbons (Fsp3) is 1.00. The number of hydrogen-bond acceptors (Lipinski definition) is 7. The number of ether oxygens (including phenoxy) is 2. The van der Waals surface area contributed by atoms with Gasteiger partial charge in [0.2, 0.25) is 0 Å². The van der Waals surface area contributed by atoms with E-state index < -0.39 is 37.3 Å². The van der Waals surface area contributed by atoms with Crippen molar-refractivity contribution in [2.24, 2.45) is 0 Å². The highest BCUT2D eigenvalue weighted by atomic mass is 16.7. The SMILES string of the molecule is CC1COC([C@H](O)[C@@H](O)[C@H](O)[C@H](O)CO)O1. The predicted octanol–water partition coefficient (Wildman–Crippen LogP) is -2.82. The molecule has 0 spiro atoms. The lowest BCUT2D eigenvalue weighted by Gasteiger charge is -2.28. The highest BCUT2D eigenvalue weighted by Crippen LogP contribution is 2.18. The van der Waals surface area contributed by atoms with Crippen molar-refractivity contribution >= 4 is 0 Å². The Bertz CT molecular complexity index is 206. The molecular weight excluding hydrogens is 220 g/mol. The molecule has 6 atom stereocenters. The first-order valence-corrected chi connectivity index (χ1v) is 5.07. The molecule has 0 radical (unpaired) electrons. The molecule has 0 saturated carbocycles. The van der Waals surface area contributed by atoms with Crippen LogP contribution in [0.25, 0.3) is 0 Å². The van der Waals surface area contributed by atoms with Crippen LogP contribution in [0.1, 0.15) is 6.92 Å². The summed E-state index contributed by atoms with van der Waals surface area (Å²) >= 11 is 0. The van der Waals surface area contributed by atoms with Crippen LogP contribution in [0, 0.1) is 0 Å². The van der Waals surface area contributed by atoms with Gasteiger partial charge in [-0.05, 0) is 6.92 Å². The molecule has 5 N–H and O–H groups in total. The average Bonchev–Trinajstić information content (AvgIpc) is 2.71. The number of rotatable bonds is 5. The van der Waals surface area contributed by atoms with Crippen LogP contribution in [0.2, 0.25) is 0 Å². The van der Waals surface area contributed by atoms with Gasteiger partial charge in [-0.15, -0.1) is 0 Å². The highest BCUT2D eigenvalue weighted by molar-refractivity contribution is 4.84. The molecule has 1 heterocycles. The number of aliphatic hydroxyl groups is 5. The van der Waals surface area contributed by atoms with Crippen LogP contribution in [0.3, 0.4) is 0 Å². The molecule has 7 nitrogen and oxygen atoms in total. The molecule has 1 aliphatic rings. The van der Waals surface area contributed by atoms with Crippen molar-refractivity contribution in [2.75, 3.05) is 13.2 Å². The topological polar surface area (TPSA) is 120 Å². The smallest absolute Gasteiger partial charge is 0.186 e. The summed E-state index contributed by atoms with van der Waals surface area (Å²) in [5, 5.41) is 46.1. The van der Waals surface area contributed by atoms with E-state index >= 15 is 0 Å². The Balaban J connectivity index is 2.49. The predicted molar refractivity (Wildman–Crippen MR) is 51.4 cm³/mol. The fourth-order valence-corrected chi connectivity index (χ4v) is 1.42. The standard InChI is InChI=1S/C9H18O7/c1-4-3-15-9(16-4)8(14)7(13)6(12)5(11)2-10/h4-14H,2-3H2,1H3/t4?,5-,6-,7+,8-,9?/m1/s1. The number of aliphatic hydroxyl groups excluding tert-OH is 5. The maximum atomic E-state index is 9.60. The third kappa shape index (κ3) is 3.11. The Kier molecular flexibility index (Phi) is 5.06. The van der Waals surface area contributed by atoms with E-state index in [1.807, 2.05) is 0 Å². The summed E-state index contributed by atoms with van der Waals surface area (Å²) in [6.45, 7) is 1.30. The second-order valence-corrected chi connectivity index (χ2v) is 3.87. The van der Waals surface area contributed by atoms with E-state index in [-0.39, 0.29) is 12.7 Å². The monoisotopic (exact) mass is 238 g/mol. The molecule has 16 heavy (non-hydrogen) atoms. The van der Waals surface area contributed by atoms with Gasteiger partial charge in [-0.1, -0.05) is 0 Å². The quantitative estimate of drug-likeness (QED) is 0.350. The third-order valence-electron chi connectivity index (χ3n) is 2.42. The minimum absolute atomic E-state index is 0.202. The summed E-state index contributed by atoms with van der Waals surface area (Å²) in [6.07, 6.45) is -7.57. The molecule has 0 aromatic rings. The number of hydrogen-bond donors (Lipinski definition) is 5. The first-order valence-electron chi connectivity index (χ1n) is 5.07. The van der Waals surface area contributed by atoms with Gasteiger partial charge in [0.15, 0.2) is 6.29 Å². The van der Waals surface area contributed by atoms with E-state index in [0.29, 0.717) is 0 Å². The van der Waals surface area contributed by atoms with Gasteiger partial charge in [0.25, 0.3) is 0 Å². The van der Waals surface area contributed by atoms with Gasteiger partial charge >= 0.3 is 0 Å². The molecule has 0 aliphatic carbocycles. The zero-order chi connectivity index (χ0) is 12.3. The Morgan fingerprint density at radius 2 is 1.81 bits per heavy atom. The Hall–Kier alpha value is -0.280. The van der Waals surface area contributed by atoms with E-state index in [0.717, 1.165) is 0 Å². The van der Waals surface area contributed by atoms with Crippen molar-refractivity contribution < 1.29 is 35.0 Å². The summed E-state index contributed by atoms with van der Waals surface area (Å²) in [5.74, 6) is 0. The maximum absolute atomic E-state index is 9.60. The second kappa shape index (κ2) is 5.87. The van der Waals surface area contributed by atoms with Crippen LogP contribution < -0.4 is 0 Å². The van der Waals surface area contributed by atoms with Gasteiger partial charge in [0.1, 0.15) is 24.4 Å². The van der Waals surface area contributed by atoms with Crippen molar-refractivity contribution in [2.45, 2.75) is 43.7 Å². The van der Waals surface area contributed by atoms with Crippen LogP contribution in [-0.4, -0.2) is 75.6 Å². The molecule has 0 bridgehead atoms. The van der Waals surface area contributed by atoms with Gasteiger partial charge in [-0.3, -0.25) is 0 Å². The minimum Gasteiger partial charge on any atom is -0.394 e. The molecule has 96 valence electrons. The zero-order valence-corrected chi connectivity index (χ0v) is 8.93. The van der Waals surface area contributed by atoms with E-state index in [1.165, 1.54) is 0 Å². The average molecular weight is 238 g/mol. The van der Waals surface area contributed by atoms with Crippen LogP contribution >= 0.6 is 0 Å². The minimum atomic E-state index is -1.66. The van der Waals surface area contributed by atoms with Crippen molar-refractivity contribution in [1.82, 2.24) is 0 Å². The van der Waals surface area contributed by atoms with Gasteiger partial charge < -0.3 is 35.0 Å². The molecule has 1 saturated heterocycles. The molecule has 2 unspecified atom stereocenters. The molecular formula is C9H18O7. The summed E-state index contributed by atoms with van der Waals surface area (Å²) in [6, 6.07) is 0. The molecule has 1 aliphatic heterocycles. The Morgan fingerprint density at radius 1 is 1.19 bits per heavy atom. The van der Waals surface area contributed by atoms with Gasteiger partial charge in [-0.25, -0.2) is 0 Å². The second-order valence-electron chi connectivity index (χ2n) is 3.87. The van der Waals surface area contributed by atoms with Crippen molar-refractivity contribution in [3.63, 3.8) is 0 Å². The third-order valence-corrected chi connectivity index (χ3v) is 2.42. The van der Waals surface area contributed by atoms with Gasteiger partial charge in [0.05, 0.1) is 19.3 Å². The van der Waals surface area contributed by atoms with Crippen LogP contribution in [0.15, 0.2) is 0 Å². The Labute approximate surface area is 92.9 Å². The van der Waals surface area contributed by atoms with E-state index in [4.69, 9.17) is 19.7 Å². The van der Waals surface area contributed by atoms with Gasteiger partial charge in [-0.2, -0.15) is 0 Å². The lowest BCUT2D eigenvalue weighted by atomic mass is 10.0. The molecule has 0 amide bonds. The molecule has 0 aromatic heterocycles. The maximum Gasteiger partial charge on any atom is 0.186 e. The van der Waals surface area contributed by atoms with Crippen LogP contribution in [0.4, 0.5) is 0 Å². The van der Waals surface area contributed by atoms with Crippen molar-refractivity contribution in [1.29, 1.82) is 0 Å². The summed E-state index contributed by atoms with van der Waals surface area (Å²) in [4.78, 5) is 0. The summed E-state index contributed by atoms with van der Waals surface area (Å²) in [7, 11) is 0. The van der Waals surface area contributed by atoms with Crippen LogP contribution in [0.5, 0.6) is 0 Å². The van der Waals surface area contributed by atoms with Crippen molar-refractivity contribution in [3.8, 4) is 0 Å². The normalized spacial score (nSPS) is 33.4. The fourth-order valence-electron chi connectivity index (χ4n) is 1.42. The van der Waals surface area contributed by atoms with Crippen molar-refractivity contribution in [3.05, 3.63) is 0 Å². The van der Waals surface area contributed by atoms with Crippen LogP contribution in [-0.2, 0) is 9.47 Å². The lowest BCUT2D eigenvalue weighted by Crippen LogP contribution is -2.50. The zero-order valence-electron chi connectivity index (χ0n) is 8.93. The first kappa shape index (κ1) is 13.8. The summed E-state index contributed by atoms with van der Waals surface area (Å²) in [5.41, 5.74) is 0. The first-order chi connectivity index (χ1) is 7.47. The van der Waals surface area contributed by atoms with E-state index in [9.17, 15) is 15.3 Å². The van der Waals surface area contributed by atoms with E-state index in [2.05, 4.69) is 0 Å². The lowest BCUT2D eigenvalue weighted by molar-refractivity contribution is -0.192.